The van der Waals surface area contributed by atoms with E-state index in [1.807, 2.05) is 6.08 Å². The summed E-state index contributed by atoms with van der Waals surface area (Å²) in [5.41, 5.74) is 0. The third kappa shape index (κ3) is 26.4. The van der Waals surface area contributed by atoms with Gasteiger partial charge < -0.3 is 89.9 Å². The second-order valence-electron chi connectivity index (χ2n) is 21.8. The van der Waals surface area contributed by atoms with E-state index in [0.29, 0.717) is 12.8 Å². The van der Waals surface area contributed by atoms with Crippen LogP contribution < -0.4 is 5.32 Å². The predicted octanol–water partition coefficient (Wildman–Crippen LogP) is 5.15. The molecule has 0 aromatic heterocycles. The van der Waals surface area contributed by atoms with Gasteiger partial charge in [-0.15, -0.1) is 0 Å². The van der Waals surface area contributed by atoms with E-state index in [1.54, 1.807) is 6.08 Å². The number of amides is 1. The van der Waals surface area contributed by atoms with Gasteiger partial charge in [0.1, 0.15) is 73.2 Å². The van der Waals surface area contributed by atoms with Crippen LogP contribution >= 0.6 is 0 Å². The van der Waals surface area contributed by atoms with Crippen LogP contribution in [-0.4, -0.2) is 193 Å². The molecule has 77 heavy (non-hydrogen) atoms. The van der Waals surface area contributed by atoms with Crippen molar-refractivity contribution in [1.29, 1.82) is 0 Å². The Morgan fingerprint density at radius 2 is 0.831 bits per heavy atom. The summed E-state index contributed by atoms with van der Waals surface area (Å²) in [5, 5.41) is 120. The number of hydrogen-bond donors (Lipinski definition) is 12. The fraction of sp³-hybridized carbons (Fsp3) is 0.914. The zero-order valence-corrected chi connectivity index (χ0v) is 46.9. The number of hydrogen-bond acceptors (Lipinski definition) is 18. The number of rotatable bonds is 44. The van der Waals surface area contributed by atoms with Crippen LogP contribution in [0.1, 0.15) is 206 Å². The van der Waals surface area contributed by atoms with Crippen molar-refractivity contribution in [2.24, 2.45) is 0 Å². The summed E-state index contributed by atoms with van der Waals surface area (Å²) in [4.78, 5) is 13.2. The lowest BCUT2D eigenvalue weighted by molar-refractivity contribution is -0.379. The molecule has 0 spiro atoms. The van der Waals surface area contributed by atoms with Crippen molar-refractivity contribution in [3.05, 3.63) is 24.3 Å². The Labute approximate surface area is 460 Å². The first-order valence-electron chi connectivity index (χ1n) is 30.1. The van der Waals surface area contributed by atoms with Crippen LogP contribution in [-0.2, 0) is 33.2 Å². The number of ether oxygens (including phenoxy) is 6. The Morgan fingerprint density at radius 1 is 0.455 bits per heavy atom. The highest BCUT2D eigenvalue weighted by atomic mass is 16.8. The largest absolute Gasteiger partial charge is 0.394 e. The average molecular weight is 1110 g/mol. The molecular formula is C58H107NO18. The summed E-state index contributed by atoms with van der Waals surface area (Å²) in [7, 11) is 0. The number of aliphatic hydroxyl groups excluding tert-OH is 11. The van der Waals surface area contributed by atoms with E-state index in [4.69, 9.17) is 28.4 Å². The molecule has 19 heteroatoms. The van der Waals surface area contributed by atoms with Crippen molar-refractivity contribution < 1.29 is 89.4 Å². The Kier molecular flexibility index (Phi) is 38.1. The van der Waals surface area contributed by atoms with Crippen molar-refractivity contribution in [3.8, 4) is 0 Å². The molecule has 17 atom stereocenters. The highest BCUT2D eigenvalue weighted by Crippen LogP contribution is 2.33. The molecule has 0 bridgehead atoms. The van der Waals surface area contributed by atoms with Gasteiger partial charge in [-0.1, -0.05) is 192 Å². The number of unbranched alkanes of at least 4 members (excludes halogenated alkanes) is 26. The molecule has 0 radical (unpaired) electrons. The lowest BCUT2D eigenvalue weighted by Gasteiger charge is -2.48. The van der Waals surface area contributed by atoms with Crippen molar-refractivity contribution in [2.75, 3.05) is 26.4 Å². The maximum atomic E-state index is 13.2. The van der Waals surface area contributed by atoms with Gasteiger partial charge in [0.05, 0.1) is 38.6 Å². The molecule has 3 heterocycles. The van der Waals surface area contributed by atoms with E-state index in [1.165, 1.54) is 122 Å². The molecule has 3 aliphatic heterocycles. The van der Waals surface area contributed by atoms with Gasteiger partial charge in [-0.2, -0.15) is 0 Å². The summed E-state index contributed by atoms with van der Waals surface area (Å²) in [6.45, 7) is 1.64. The van der Waals surface area contributed by atoms with Gasteiger partial charge in [0, 0.05) is 6.42 Å². The molecule has 3 saturated heterocycles. The molecular weight excluding hydrogens is 999 g/mol. The fourth-order valence-electron chi connectivity index (χ4n) is 10.3. The first kappa shape index (κ1) is 69.5. The summed E-state index contributed by atoms with van der Waals surface area (Å²) in [6.07, 6.45) is 16.5. The third-order valence-corrected chi connectivity index (χ3v) is 15.3. The van der Waals surface area contributed by atoms with E-state index >= 15 is 0 Å². The van der Waals surface area contributed by atoms with Crippen molar-refractivity contribution >= 4 is 5.91 Å². The lowest BCUT2D eigenvalue weighted by atomic mass is 9.96. The Balaban J connectivity index is 1.44. The van der Waals surface area contributed by atoms with Crippen LogP contribution in [0.5, 0.6) is 0 Å². The first-order valence-corrected chi connectivity index (χ1v) is 30.1. The molecule has 1 amide bonds. The van der Waals surface area contributed by atoms with Crippen molar-refractivity contribution in [1.82, 2.24) is 5.32 Å². The van der Waals surface area contributed by atoms with Gasteiger partial charge in [0.25, 0.3) is 0 Å². The van der Waals surface area contributed by atoms with Gasteiger partial charge in [-0.05, 0) is 32.1 Å². The van der Waals surface area contributed by atoms with Crippen LogP contribution in [0.4, 0.5) is 0 Å². The van der Waals surface area contributed by atoms with Crippen molar-refractivity contribution in [2.45, 2.75) is 311 Å². The molecule has 3 rings (SSSR count). The molecule has 0 aliphatic carbocycles. The lowest BCUT2D eigenvalue weighted by Crippen LogP contribution is -2.66. The third-order valence-electron chi connectivity index (χ3n) is 15.3. The number of allylic oxidation sites excluding steroid dienone is 3. The second kappa shape index (κ2) is 42.1. The molecule has 19 nitrogen and oxygen atoms in total. The molecule has 12 N–H and O–H groups in total. The quantitative estimate of drug-likeness (QED) is 0.0277. The minimum Gasteiger partial charge on any atom is -0.394 e. The fourth-order valence-corrected chi connectivity index (χ4v) is 10.3. The first-order chi connectivity index (χ1) is 37.3. The minimum atomic E-state index is -1.98. The number of aliphatic hydroxyl groups is 11. The standard InChI is InChI=1S/C58H107NO18/c1-3-5-7-9-11-12-13-14-15-16-17-18-19-20-21-22-23-24-25-26-27-28-30-31-33-35-42(63)41(59-46(64)36-34-32-29-10-8-6-4-2)40-72-56-52(70)49(67)54(44(38-61)74-56)77-58-53(71)50(68)55(45(39-62)75-58)76-57-51(69)48(66)47(65)43(37-60)73-57/h27-28,33,35,41-45,47-58,60-63,65-71H,3-26,29-32,34,36-40H2,1-2H3,(H,59,64)/b28-27+,35-33+. The second-order valence-corrected chi connectivity index (χ2v) is 21.8. The Hall–Kier alpha value is -1.73. The number of carbonyl (C=O) groups is 1. The predicted molar refractivity (Wildman–Crippen MR) is 291 cm³/mol. The van der Waals surface area contributed by atoms with Gasteiger partial charge >= 0.3 is 0 Å². The Bertz CT molecular complexity index is 1510. The normalized spacial score (nSPS) is 30.8. The van der Waals surface area contributed by atoms with Gasteiger partial charge in [-0.3, -0.25) is 4.79 Å². The SMILES string of the molecule is CCCCCCCCCCCCCCCCCCCCC/C=C/CC/C=C/C(O)C(COC1OC(CO)C(OC2OC(CO)C(OC3OC(CO)C(O)C(O)C3O)C(O)C2O)C(O)C1O)NC(=O)CCCCCCCCC. The van der Waals surface area contributed by atoms with E-state index < -0.39 is 124 Å². The Morgan fingerprint density at radius 3 is 1.30 bits per heavy atom. The van der Waals surface area contributed by atoms with E-state index in [9.17, 15) is 61.0 Å². The van der Waals surface area contributed by atoms with Crippen LogP contribution in [0, 0.1) is 0 Å². The average Bonchev–Trinajstić information content (AvgIpc) is 3.43. The molecule has 452 valence electrons. The molecule has 3 aliphatic rings. The highest BCUT2D eigenvalue weighted by Gasteiger charge is 2.53. The van der Waals surface area contributed by atoms with Crippen LogP contribution in [0.15, 0.2) is 24.3 Å². The number of nitrogens with one attached hydrogen (secondary N) is 1. The summed E-state index contributed by atoms with van der Waals surface area (Å²) in [5.74, 6) is -0.292. The summed E-state index contributed by atoms with van der Waals surface area (Å²) < 4.78 is 34.1. The maximum Gasteiger partial charge on any atom is 0.220 e. The summed E-state index contributed by atoms with van der Waals surface area (Å²) in [6, 6.07) is -0.983. The zero-order valence-electron chi connectivity index (χ0n) is 46.9. The zero-order chi connectivity index (χ0) is 56.2. The molecule has 3 fully saturated rings. The van der Waals surface area contributed by atoms with Crippen LogP contribution in [0.3, 0.4) is 0 Å². The van der Waals surface area contributed by atoms with E-state index in [2.05, 4.69) is 31.3 Å². The van der Waals surface area contributed by atoms with Crippen LogP contribution in [0.2, 0.25) is 0 Å². The van der Waals surface area contributed by atoms with E-state index in [0.717, 1.165) is 51.4 Å². The summed E-state index contributed by atoms with van der Waals surface area (Å²) >= 11 is 0. The van der Waals surface area contributed by atoms with Gasteiger partial charge in [0.15, 0.2) is 18.9 Å². The smallest absolute Gasteiger partial charge is 0.220 e. The van der Waals surface area contributed by atoms with Gasteiger partial charge in [0.2, 0.25) is 5.91 Å². The highest BCUT2D eigenvalue weighted by molar-refractivity contribution is 5.76. The molecule has 0 aromatic rings. The topological polar surface area (TPSA) is 307 Å². The van der Waals surface area contributed by atoms with Gasteiger partial charge in [-0.25, -0.2) is 0 Å². The monoisotopic (exact) mass is 1110 g/mol. The number of carbonyl (C=O) groups excluding carboxylic acids is 1. The molecule has 0 saturated carbocycles. The molecule has 0 aromatic carbocycles. The van der Waals surface area contributed by atoms with Crippen molar-refractivity contribution in [3.63, 3.8) is 0 Å². The molecule has 17 unspecified atom stereocenters. The minimum absolute atomic E-state index is 0.236. The van der Waals surface area contributed by atoms with E-state index in [-0.39, 0.29) is 18.9 Å². The van der Waals surface area contributed by atoms with Crippen LogP contribution in [0.25, 0.3) is 0 Å². The maximum absolute atomic E-state index is 13.2.